The van der Waals surface area contributed by atoms with Crippen LogP contribution < -0.4 is 16.0 Å². The predicted octanol–water partition coefficient (Wildman–Crippen LogP) is 2.25. The van der Waals surface area contributed by atoms with Gasteiger partial charge in [-0.3, -0.25) is 9.59 Å². The van der Waals surface area contributed by atoms with Crippen LogP contribution in [0.5, 0.6) is 0 Å². The second kappa shape index (κ2) is 9.77. The van der Waals surface area contributed by atoms with E-state index in [1.807, 2.05) is 5.32 Å². The number of pyridine rings is 1. The first-order valence-corrected chi connectivity index (χ1v) is 12.3. The minimum atomic E-state index is -4.33. The van der Waals surface area contributed by atoms with Gasteiger partial charge in [-0.15, -0.1) is 0 Å². The molecule has 0 bridgehead atoms. The van der Waals surface area contributed by atoms with Crippen LogP contribution in [0.4, 0.5) is 24.5 Å². The molecule has 0 saturated carbocycles. The molecule has 2 aromatic carbocycles. The van der Waals surface area contributed by atoms with Gasteiger partial charge in [-0.25, -0.2) is 22.8 Å². The maximum absolute atomic E-state index is 14.5. The third-order valence-electron chi connectivity index (χ3n) is 5.08. The summed E-state index contributed by atoms with van der Waals surface area (Å²) in [5, 5.41) is 5.72. The molecule has 13 heteroatoms. The molecule has 1 atom stereocenters. The number of fused-ring (bicyclic) bond motifs is 1. The highest BCUT2D eigenvalue weighted by Gasteiger charge is 2.29. The van der Waals surface area contributed by atoms with Crippen molar-refractivity contribution in [2.45, 2.75) is 11.2 Å². The molecule has 9 nitrogen and oxygen atoms in total. The van der Waals surface area contributed by atoms with E-state index in [1.165, 1.54) is 0 Å². The fourth-order valence-electron chi connectivity index (χ4n) is 3.45. The van der Waals surface area contributed by atoms with Crippen molar-refractivity contribution in [3.05, 3.63) is 83.3 Å². The van der Waals surface area contributed by atoms with Crippen molar-refractivity contribution in [2.24, 2.45) is 4.99 Å². The fraction of sp³-hybridized carbons (Fsp3) is 0.130. The molecular formula is C23H18F3N5O4S. The van der Waals surface area contributed by atoms with Crippen LogP contribution in [0.2, 0.25) is 0 Å². The number of nitrogens with zero attached hydrogens (tertiary/aromatic N) is 2. The number of aliphatic imine (C=N–C) groups is 1. The average Bonchev–Trinajstić information content (AvgIpc) is 2.97. The molecule has 0 radical (unpaired) electrons. The number of carbonyl (C=O) groups excluding carboxylic acids is 2. The standard InChI is InChI=1S/C23H18F3N5O4S/c1-36(34,35)23-17(25)19(16(24)20(26)31-23)27-11-15(32)29-21-22(33)28-14-10-6-5-9-13(14)18(30-21)12-7-3-2-4-8-12/h2-10,21H,11H2,1H3,(H,27,31)(H,28,33)(H,29,32). The van der Waals surface area contributed by atoms with E-state index >= 15 is 0 Å². The Bertz CT molecular complexity index is 1500. The Hall–Kier alpha value is -4.26. The van der Waals surface area contributed by atoms with Gasteiger partial charge in [0.05, 0.1) is 17.9 Å². The molecule has 0 fully saturated rings. The van der Waals surface area contributed by atoms with E-state index in [0.29, 0.717) is 28.8 Å². The van der Waals surface area contributed by atoms with Gasteiger partial charge < -0.3 is 16.0 Å². The predicted molar refractivity (Wildman–Crippen MR) is 125 cm³/mol. The van der Waals surface area contributed by atoms with Crippen molar-refractivity contribution >= 4 is 38.7 Å². The number of nitrogens with one attached hydrogen (secondary N) is 3. The van der Waals surface area contributed by atoms with Crippen molar-refractivity contribution in [2.75, 3.05) is 23.4 Å². The molecule has 3 N–H and O–H groups in total. The quantitative estimate of drug-likeness (QED) is 0.430. The molecule has 1 aromatic heterocycles. The molecule has 4 rings (SSSR count). The molecule has 1 aliphatic rings. The van der Waals surface area contributed by atoms with Crippen LogP contribution in [0.3, 0.4) is 0 Å². The number of benzodiazepines with no additional fused rings is 1. The summed E-state index contributed by atoms with van der Waals surface area (Å²) in [7, 11) is -4.33. The molecule has 186 valence electrons. The van der Waals surface area contributed by atoms with E-state index in [1.54, 1.807) is 54.6 Å². The van der Waals surface area contributed by atoms with Crippen LogP contribution >= 0.6 is 0 Å². The Balaban J connectivity index is 1.59. The zero-order valence-electron chi connectivity index (χ0n) is 18.6. The topological polar surface area (TPSA) is 130 Å². The van der Waals surface area contributed by atoms with Crippen molar-refractivity contribution in [3.8, 4) is 0 Å². The maximum atomic E-state index is 14.5. The number of carbonyl (C=O) groups is 2. The van der Waals surface area contributed by atoms with Crippen LogP contribution in [0.15, 0.2) is 64.6 Å². The van der Waals surface area contributed by atoms with Crippen LogP contribution in [0.1, 0.15) is 11.1 Å². The van der Waals surface area contributed by atoms with Gasteiger partial charge in [0.15, 0.2) is 20.7 Å². The molecular weight excluding hydrogens is 499 g/mol. The summed E-state index contributed by atoms with van der Waals surface area (Å²) in [6.45, 7) is -0.840. The zero-order valence-corrected chi connectivity index (χ0v) is 19.4. The Kier molecular flexibility index (Phi) is 6.75. The summed E-state index contributed by atoms with van der Waals surface area (Å²) < 4.78 is 65.6. The summed E-state index contributed by atoms with van der Waals surface area (Å²) in [5.74, 6) is -6.96. The lowest BCUT2D eigenvalue weighted by molar-refractivity contribution is -0.125. The number of amides is 2. The number of para-hydroxylation sites is 1. The maximum Gasteiger partial charge on any atom is 0.269 e. The minimum absolute atomic E-state index is 0.411. The highest BCUT2D eigenvalue weighted by molar-refractivity contribution is 7.90. The number of aromatic nitrogens is 1. The van der Waals surface area contributed by atoms with Crippen LogP contribution in [-0.4, -0.2) is 49.9 Å². The lowest BCUT2D eigenvalue weighted by Crippen LogP contribution is -2.44. The van der Waals surface area contributed by atoms with Gasteiger partial charge in [-0.05, 0) is 6.07 Å². The lowest BCUT2D eigenvalue weighted by atomic mass is 10.0. The van der Waals surface area contributed by atoms with Crippen molar-refractivity contribution in [1.82, 2.24) is 10.3 Å². The SMILES string of the molecule is CS(=O)(=O)c1nc(F)c(F)c(NCC(=O)NC2N=C(c3ccccc3)c3ccccc3NC2=O)c1F. The number of halogens is 3. The number of hydrogen-bond acceptors (Lipinski definition) is 7. The monoisotopic (exact) mass is 517 g/mol. The summed E-state index contributed by atoms with van der Waals surface area (Å²) in [6, 6.07) is 15.8. The third kappa shape index (κ3) is 5.05. The fourth-order valence-corrected chi connectivity index (χ4v) is 4.12. The van der Waals surface area contributed by atoms with E-state index in [2.05, 4.69) is 20.6 Å². The van der Waals surface area contributed by atoms with Crippen LogP contribution in [0.25, 0.3) is 0 Å². The van der Waals surface area contributed by atoms with Gasteiger partial charge >= 0.3 is 0 Å². The molecule has 0 spiro atoms. The minimum Gasteiger partial charge on any atom is -0.371 e. The lowest BCUT2D eigenvalue weighted by Gasteiger charge is -2.15. The highest BCUT2D eigenvalue weighted by atomic mass is 32.2. The first-order chi connectivity index (χ1) is 17.1. The zero-order chi connectivity index (χ0) is 26.0. The molecule has 3 aromatic rings. The number of sulfone groups is 1. The van der Waals surface area contributed by atoms with E-state index in [-0.39, 0.29) is 0 Å². The van der Waals surface area contributed by atoms with Crippen LogP contribution in [-0.2, 0) is 19.4 Å². The van der Waals surface area contributed by atoms with E-state index < -0.39 is 62.7 Å². The summed E-state index contributed by atoms with van der Waals surface area (Å²) in [4.78, 5) is 32.5. The second-order valence-electron chi connectivity index (χ2n) is 7.69. The Morgan fingerprint density at radius 3 is 2.39 bits per heavy atom. The van der Waals surface area contributed by atoms with Gasteiger partial charge in [-0.1, -0.05) is 48.5 Å². The number of hydrogen-bond donors (Lipinski definition) is 3. The Morgan fingerprint density at radius 1 is 1.03 bits per heavy atom. The summed E-state index contributed by atoms with van der Waals surface area (Å²) >= 11 is 0. The number of anilines is 2. The molecule has 2 amide bonds. The van der Waals surface area contributed by atoms with E-state index in [0.717, 1.165) is 0 Å². The van der Waals surface area contributed by atoms with Gasteiger partial charge in [0, 0.05) is 17.4 Å². The number of benzene rings is 2. The Labute approximate surface area is 203 Å². The van der Waals surface area contributed by atoms with Gasteiger partial charge in [0.1, 0.15) is 5.69 Å². The van der Waals surface area contributed by atoms with E-state index in [9.17, 15) is 31.2 Å². The second-order valence-corrected chi connectivity index (χ2v) is 9.62. The van der Waals surface area contributed by atoms with E-state index in [4.69, 9.17) is 0 Å². The molecule has 2 heterocycles. The number of rotatable bonds is 6. The Morgan fingerprint density at radius 2 is 1.69 bits per heavy atom. The van der Waals surface area contributed by atoms with Gasteiger partial charge in [0.25, 0.3) is 11.9 Å². The first kappa shape index (κ1) is 24.9. The van der Waals surface area contributed by atoms with Gasteiger partial charge in [0.2, 0.25) is 17.9 Å². The smallest absolute Gasteiger partial charge is 0.269 e. The summed E-state index contributed by atoms with van der Waals surface area (Å²) in [6.07, 6.45) is -0.852. The molecule has 36 heavy (non-hydrogen) atoms. The molecule has 1 unspecified atom stereocenters. The van der Waals surface area contributed by atoms with Crippen molar-refractivity contribution in [1.29, 1.82) is 0 Å². The third-order valence-corrected chi connectivity index (χ3v) is 6.05. The average molecular weight is 517 g/mol. The normalized spacial score (nSPS) is 15.3. The molecule has 1 aliphatic heterocycles. The van der Waals surface area contributed by atoms with Crippen molar-refractivity contribution in [3.63, 3.8) is 0 Å². The molecule has 0 saturated heterocycles. The van der Waals surface area contributed by atoms with Gasteiger partial charge in [-0.2, -0.15) is 8.78 Å². The highest BCUT2D eigenvalue weighted by Crippen LogP contribution is 2.26. The molecule has 0 aliphatic carbocycles. The van der Waals surface area contributed by atoms with Crippen molar-refractivity contribution < 1.29 is 31.2 Å². The summed E-state index contributed by atoms with van der Waals surface area (Å²) in [5.41, 5.74) is 0.961. The largest absolute Gasteiger partial charge is 0.371 e. The first-order valence-electron chi connectivity index (χ1n) is 10.4. The van der Waals surface area contributed by atoms with Crippen LogP contribution in [0, 0.1) is 17.6 Å².